The lowest BCUT2D eigenvalue weighted by atomic mass is 10.2. The van der Waals surface area contributed by atoms with E-state index in [1.807, 2.05) is 0 Å². The Morgan fingerprint density at radius 3 is 2.44 bits per heavy atom. The second-order valence-electron chi connectivity index (χ2n) is 4.04. The standard InChI is InChI=1S/C9H16N2O6S/c10-18(15,16)5-1-4-11-8(12)6-2-3-7(17-6)9(13)14/h6-7H,1-5H2,(H,11,12)(H,13,14)(H2,10,15,16)/t6-,7+/m0/s1. The van der Waals surface area contributed by atoms with Crippen LogP contribution in [0.1, 0.15) is 19.3 Å². The number of ether oxygens (including phenoxy) is 1. The molecule has 0 aliphatic carbocycles. The second-order valence-corrected chi connectivity index (χ2v) is 5.77. The number of aliphatic carboxylic acids is 1. The molecular weight excluding hydrogens is 264 g/mol. The zero-order valence-electron chi connectivity index (χ0n) is 9.66. The highest BCUT2D eigenvalue weighted by atomic mass is 32.2. The molecule has 9 heteroatoms. The quantitative estimate of drug-likeness (QED) is 0.502. The number of carboxylic acid groups (broad SMARTS) is 1. The number of primary sulfonamides is 1. The number of carbonyl (C=O) groups excluding carboxylic acids is 1. The SMILES string of the molecule is NS(=O)(=O)CCCNC(=O)[C@@H]1CC[C@H](C(=O)O)O1. The third kappa shape index (κ3) is 4.98. The summed E-state index contributed by atoms with van der Waals surface area (Å²) in [6, 6.07) is 0. The second kappa shape index (κ2) is 6.12. The van der Waals surface area contributed by atoms with Crippen LogP contribution in [0.3, 0.4) is 0 Å². The van der Waals surface area contributed by atoms with E-state index in [1.165, 1.54) is 0 Å². The smallest absolute Gasteiger partial charge is 0.332 e. The van der Waals surface area contributed by atoms with Crippen LogP contribution in [0.25, 0.3) is 0 Å². The molecule has 1 fully saturated rings. The number of nitrogens with one attached hydrogen (secondary N) is 1. The molecule has 0 aromatic heterocycles. The van der Waals surface area contributed by atoms with E-state index < -0.39 is 34.1 Å². The first-order chi connectivity index (χ1) is 8.29. The van der Waals surface area contributed by atoms with Crippen LogP contribution in [-0.4, -0.2) is 49.9 Å². The van der Waals surface area contributed by atoms with Crippen molar-refractivity contribution in [3.63, 3.8) is 0 Å². The number of rotatable bonds is 6. The highest BCUT2D eigenvalue weighted by Crippen LogP contribution is 2.19. The Bertz CT molecular complexity index is 421. The molecule has 0 radical (unpaired) electrons. The normalized spacial score (nSPS) is 23.8. The molecular formula is C9H16N2O6S. The maximum absolute atomic E-state index is 11.5. The molecule has 1 heterocycles. The van der Waals surface area contributed by atoms with E-state index in [1.54, 1.807) is 0 Å². The van der Waals surface area contributed by atoms with Crippen LogP contribution in [0.2, 0.25) is 0 Å². The third-order valence-electron chi connectivity index (χ3n) is 2.49. The summed E-state index contributed by atoms with van der Waals surface area (Å²) in [7, 11) is -3.52. The van der Waals surface area contributed by atoms with Crippen LogP contribution >= 0.6 is 0 Å². The number of carboxylic acids is 1. The molecule has 0 aromatic carbocycles. The van der Waals surface area contributed by atoms with Crippen LogP contribution in [0.4, 0.5) is 0 Å². The molecule has 1 saturated heterocycles. The van der Waals surface area contributed by atoms with Gasteiger partial charge in [0.2, 0.25) is 15.9 Å². The van der Waals surface area contributed by atoms with Crippen molar-refractivity contribution in [3.05, 3.63) is 0 Å². The molecule has 2 atom stereocenters. The Labute approximate surface area is 105 Å². The first kappa shape index (κ1) is 14.9. The van der Waals surface area contributed by atoms with Gasteiger partial charge in [-0.25, -0.2) is 18.4 Å². The average Bonchev–Trinajstić information content (AvgIpc) is 2.72. The maximum atomic E-state index is 11.5. The number of hydrogen-bond acceptors (Lipinski definition) is 5. The van der Waals surface area contributed by atoms with Gasteiger partial charge in [-0.15, -0.1) is 0 Å². The largest absolute Gasteiger partial charge is 0.479 e. The van der Waals surface area contributed by atoms with Crippen molar-refractivity contribution in [2.45, 2.75) is 31.5 Å². The summed E-state index contributed by atoms with van der Waals surface area (Å²) in [5.41, 5.74) is 0. The Morgan fingerprint density at radius 2 is 1.94 bits per heavy atom. The molecule has 8 nitrogen and oxygen atoms in total. The van der Waals surface area contributed by atoms with Gasteiger partial charge in [-0.3, -0.25) is 4.79 Å². The molecule has 1 amide bonds. The van der Waals surface area contributed by atoms with Crippen molar-refractivity contribution < 1.29 is 27.9 Å². The zero-order chi connectivity index (χ0) is 13.8. The van der Waals surface area contributed by atoms with Gasteiger partial charge in [-0.05, 0) is 19.3 Å². The number of sulfonamides is 1. The maximum Gasteiger partial charge on any atom is 0.332 e. The molecule has 0 unspecified atom stereocenters. The van der Waals surface area contributed by atoms with Gasteiger partial charge in [-0.1, -0.05) is 0 Å². The molecule has 104 valence electrons. The number of amides is 1. The van der Waals surface area contributed by atoms with E-state index >= 15 is 0 Å². The third-order valence-corrected chi connectivity index (χ3v) is 3.35. The summed E-state index contributed by atoms with van der Waals surface area (Å²) in [6.07, 6.45) is -0.867. The van der Waals surface area contributed by atoms with Crippen molar-refractivity contribution in [1.29, 1.82) is 0 Å². The number of carbonyl (C=O) groups is 2. The molecule has 1 rings (SSSR count). The Balaban J connectivity index is 2.24. The van der Waals surface area contributed by atoms with Gasteiger partial charge in [0.05, 0.1) is 5.75 Å². The lowest BCUT2D eigenvalue weighted by Crippen LogP contribution is -2.36. The van der Waals surface area contributed by atoms with Crippen molar-refractivity contribution in [3.8, 4) is 0 Å². The average molecular weight is 280 g/mol. The van der Waals surface area contributed by atoms with Crippen LogP contribution in [0.5, 0.6) is 0 Å². The molecule has 0 aromatic rings. The van der Waals surface area contributed by atoms with E-state index in [0.29, 0.717) is 12.8 Å². The van der Waals surface area contributed by atoms with Crippen LogP contribution < -0.4 is 10.5 Å². The van der Waals surface area contributed by atoms with E-state index in [9.17, 15) is 18.0 Å². The minimum absolute atomic E-state index is 0.160. The predicted octanol–water partition coefficient (Wildman–Crippen LogP) is -1.59. The van der Waals surface area contributed by atoms with Crippen LogP contribution in [0.15, 0.2) is 0 Å². The Kier molecular flexibility index (Phi) is 5.05. The van der Waals surface area contributed by atoms with Gasteiger partial charge in [0.15, 0.2) is 6.10 Å². The van der Waals surface area contributed by atoms with Gasteiger partial charge >= 0.3 is 5.97 Å². The van der Waals surface area contributed by atoms with E-state index in [4.69, 9.17) is 15.0 Å². The summed E-state index contributed by atoms with van der Waals surface area (Å²) >= 11 is 0. The fourth-order valence-corrected chi connectivity index (χ4v) is 2.16. The first-order valence-corrected chi connectivity index (χ1v) is 7.17. The fourth-order valence-electron chi connectivity index (χ4n) is 1.61. The minimum atomic E-state index is -3.52. The number of nitrogens with two attached hydrogens (primary N) is 1. The Hall–Kier alpha value is -1.19. The van der Waals surface area contributed by atoms with E-state index in [0.717, 1.165) is 0 Å². The first-order valence-electron chi connectivity index (χ1n) is 5.46. The van der Waals surface area contributed by atoms with Crippen molar-refractivity contribution >= 4 is 21.9 Å². The van der Waals surface area contributed by atoms with Gasteiger partial charge in [0, 0.05) is 6.54 Å². The minimum Gasteiger partial charge on any atom is -0.479 e. The van der Waals surface area contributed by atoms with Gasteiger partial charge in [0.25, 0.3) is 0 Å². The topological polar surface area (TPSA) is 136 Å². The van der Waals surface area contributed by atoms with Crippen molar-refractivity contribution in [2.24, 2.45) is 5.14 Å². The molecule has 0 saturated carbocycles. The lowest BCUT2D eigenvalue weighted by Gasteiger charge is -2.11. The molecule has 0 spiro atoms. The zero-order valence-corrected chi connectivity index (χ0v) is 10.5. The highest BCUT2D eigenvalue weighted by molar-refractivity contribution is 7.89. The summed E-state index contributed by atoms with van der Waals surface area (Å²) in [5, 5.41) is 16.0. The monoisotopic (exact) mass is 280 g/mol. The predicted molar refractivity (Wildman–Crippen MR) is 61.1 cm³/mol. The summed E-state index contributed by atoms with van der Waals surface area (Å²) in [4.78, 5) is 22.1. The van der Waals surface area contributed by atoms with E-state index in [-0.39, 0.29) is 18.7 Å². The van der Waals surface area contributed by atoms with Gasteiger partial charge in [-0.2, -0.15) is 0 Å². The Morgan fingerprint density at radius 1 is 1.33 bits per heavy atom. The van der Waals surface area contributed by atoms with Crippen LogP contribution in [-0.2, 0) is 24.3 Å². The molecule has 18 heavy (non-hydrogen) atoms. The molecule has 1 aliphatic rings. The van der Waals surface area contributed by atoms with Crippen molar-refractivity contribution in [2.75, 3.05) is 12.3 Å². The van der Waals surface area contributed by atoms with Crippen molar-refractivity contribution in [1.82, 2.24) is 5.32 Å². The fraction of sp³-hybridized carbons (Fsp3) is 0.778. The van der Waals surface area contributed by atoms with Gasteiger partial charge < -0.3 is 15.2 Å². The summed E-state index contributed by atoms with van der Waals surface area (Å²) in [5.74, 6) is -1.72. The highest BCUT2D eigenvalue weighted by Gasteiger charge is 2.34. The molecule has 0 bridgehead atoms. The molecule has 4 N–H and O–H groups in total. The summed E-state index contributed by atoms with van der Waals surface area (Å²) < 4.78 is 26.3. The van der Waals surface area contributed by atoms with E-state index in [2.05, 4.69) is 5.32 Å². The number of hydrogen-bond donors (Lipinski definition) is 3. The molecule has 1 aliphatic heterocycles. The summed E-state index contributed by atoms with van der Waals surface area (Å²) in [6.45, 7) is 0.160. The lowest BCUT2D eigenvalue weighted by molar-refractivity contribution is -0.151. The van der Waals surface area contributed by atoms with Crippen LogP contribution in [0, 0.1) is 0 Å². The van der Waals surface area contributed by atoms with Gasteiger partial charge in [0.1, 0.15) is 6.10 Å².